The maximum Gasteiger partial charge on any atom is 0.215 e. The Morgan fingerprint density at radius 1 is 1.47 bits per heavy atom. The monoisotopic (exact) mass is 235 g/mol. The molecule has 0 fully saturated rings. The average molecular weight is 235 g/mol. The van der Waals surface area contributed by atoms with Gasteiger partial charge in [-0.3, -0.25) is 0 Å². The molecular weight excluding hydrogens is 214 g/mol. The van der Waals surface area contributed by atoms with Crippen LogP contribution in [0.15, 0.2) is 12.7 Å². The second-order valence-electron chi connectivity index (χ2n) is 4.38. The molecule has 0 rings (SSSR count). The lowest BCUT2D eigenvalue weighted by atomic mass is 9.88. The van der Waals surface area contributed by atoms with Gasteiger partial charge in [0.15, 0.2) is 0 Å². The molecule has 90 valence electrons. The van der Waals surface area contributed by atoms with E-state index in [1.54, 1.807) is 0 Å². The van der Waals surface area contributed by atoms with Crippen molar-refractivity contribution in [2.24, 2.45) is 5.41 Å². The third kappa shape index (κ3) is 7.53. The minimum absolute atomic E-state index is 0.0525. The maximum atomic E-state index is 11.3. The van der Waals surface area contributed by atoms with Crippen LogP contribution in [-0.2, 0) is 10.0 Å². The van der Waals surface area contributed by atoms with E-state index < -0.39 is 10.0 Å². The molecule has 0 amide bonds. The van der Waals surface area contributed by atoms with E-state index in [9.17, 15) is 8.42 Å². The minimum Gasteiger partial charge on any atom is -0.396 e. The van der Waals surface area contributed by atoms with E-state index >= 15 is 0 Å². The van der Waals surface area contributed by atoms with Gasteiger partial charge in [-0.15, -0.1) is 6.58 Å². The number of sulfonamides is 1. The quantitative estimate of drug-likeness (QED) is 0.614. The van der Waals surface area contributed by atoms with E-state index in [1.165, 1.54) is 6.08 Å². The maximum absolute atomic E-state index is 11.3. The number of hydrogen-bond donors (Lipinski definition) is 2. The Balaban J connectivity index is 4.07. The molecule has 15 heavy (non-hydrogen) atoms. The number of hydrogen-bond acceptors (Lipinski definition) is 3. The summed E-state index contributed by atoms with van der Waals surface area (Å²) in [5.74, 6) is -0.0525. The smallest absolute Gasteiger partial charge is 0.215 e. The van der Waals surface area contributed by atoms with E-state index in [1.807, 2.05) is 13.8 Å². The minimum atomic E-state index is -3.22. The molecule has 0 heterocycles. The van der Waals surface area contributed by atoms with E-state index in [-0.39, 0.29) is 17.8 Å². The predicted molar refractivity (Wildman–Crippen MR) is 62.1 cm³/mol. The molecule has 4 nitrogen and oxygen atoms in total. The molecule has 0 spiro atoms. The molecule has 2 N–H and O–H groups in total. The molecule has 0 aliphatic rings. The van der Waals surface area contributed by atoms with Crippen LogP contribution in [0.5, 0.6) is 0 Å². The zero-order valence-corrected chi connectivity index (χ0v) is 10.3. The van der Waals surface area contributed by atoms with Gasteiger partial charge in [0.1, 0.15) is 0 Å². The summed E-state index contributed by atoms with van der Waals surface area (Å²) in [6.07, 6.45) is 2.85. The highest BCUT2D eigenvalue weighted by Gasteiger charge is 2.19. The topological polar surface area (TPSA) is 66.4 Å². The molecule has 0 saturated carbocycles. The lowest BCUT2D eigenvalue weighted by Crippen LogP contribution is -2.35. The van der Waals surface area contributed by atoms with Crippen molar-refractivity contribution in [2.75, 3.05) is 18.9 Å². The van der Waals surface area contributed by atoms with Crippen LogP contribution in [0.2, 0.25) is 0 Å². The van der Waals surface area contributed by atoms with Crippen LogP contribution in [0.4, 0.5) is 0 Å². The fourth-order valence-corrected chi connectivity index (χ4v) is 2.20. The van der Waals surface area contributed by atoms with Gasteiger partial charge in [-0.1, -0.05) is 19.9 Å². The normalized spacial score (nSPS) is 12.7. The first-order valence-corrected chi connectivity index (χ1v) is 6.67. The van der Waals surface area contributed by atoms with Crippen molar-refractivity contribution in [3.05, 3.63) is 12.7 Å². The lowest BCUT2D eigenvalue weighted by Gasteiger charge is -2.24. The molecule has 0 aliphatic carbocycles. The fourth-order valence-electron chi connectivity index (χ4n) is 1.17. The van der Waals surface area contributed by atoms with Crippen molar-refractivity contribution in [2.45, 2.75) is 26.7 Å². The Hall–Kier alpha value is -0.390. The Morgan fingerprint density at radius 3 is 2.53 bits per heavy atom. The average Bonchev–Trinajstić information content (AvgIpc) is 2.12. The molecule has 0 atom stereocenters. The molecular formula is C10H21NO3S. The molecule has 0 radical (unpaired) electrons. The molecule has 0 bridgehead atoms. The van der Waals surface area contributed by atoms with Crippen molar-refractivity contribution < 1.29 is 13.5 Å². The Labute approximate surface area is 92.4 Å². The van der Waals surface area contributed by atoms with Gasteiger partial charge in [0, 0.05) is 13.2 Å². The van der Waals surface area contributed by atoms with E-state index in [0.717, 1.165) is 6.42 Å². The van der Waals surface area contributed by atoms with Gasteiger partial charge in [-0.2, -0.15) is 0 Å². The van der Waals surface area contributed by atoms with Crippen molar-refractivity contribution >= 4 is 10.0 Å². The molecule has 5 heteroatoms. The number of nitrogens with one attached hydrogen (secondary N) is 1. The largest absolute Gasteiger partial charge is 0.396 e. The lowest BCUT2D eigenvalue weighted by molar-refractivity contribution is 0.242. The molecule has 0 saturated heterocycles. The van der Waals surface area contributed by atoms with Crippen LogP contribution in [0.1, 0.15) is 26.7 Å². The second-order valence-corrected chi connectivity index (χ2v) is 6.23. The first kappa shape index (κ1) is 14.6. The summed E-state index contributed by atoms with van der Waals surface area (Å²) in [5.41, 5.74) is -0.128. The van der Waals surface area contributed by atoms with Crippen LogP contribution in [0.25, 0.3) is 0 Å². The number of rotatable bonds is 8. The van der Waals surface area contributed by atoms with Crippen LogP contribution < -0.4 is 4.72 Å². The van der Waals surface area contributed by atoms with E-state index in [4.69, 9.17) is 5.11 Å². The summed E-state index contributed by atoms with van der Waals surface area (Å²) in [6.45, 7) is 7.86. The van der Waals surface area contributed by atoms with E-state index in [2.05, 4.69) is 11.3 Å². The van der Waals surface area contributed by atoms with Crippen LogP contribution in [-0.4, -0.2) is 32.4 Å². The molecule has 0 aromatic carbocycles. The van der Waals surface area contributed by atoms with Crippen LogP contribution in [0, 0.1) is 5.41 Å². The second kappa shape index (κ2) is 6.25. The first-order valence-electron chi connectivity index (χ1n) is 5.02. The van der Waals surface area contributed by atoms with Crippen molar-refractivity contribution in [3.8, 4) is 0 Å². The summed E-state index contributed by atoms with van der Waals surface area (Å²) < 4.78 is 25.2. The summed E-state index contributed by atoms with van der Waals surface area (Å²) >= 11 is 0. The van der Waals surface area contributed by atoms with Gasteiger partial charge in [-0.05, 0) is 18.3 Å². The predicted octanol–water partition coefficient (Wildman–Crippen LogP) is 0.890. The zero-order chi connectivity index (χ0) is 11.9. The zero-order valence-electron chi connectivity index (χ0n) is 9.49. The number of aliphatic hydroxyl groups excluding tert-OH is 1. The molecule has 0 aliphatic heterocycles. The summed E-state index contributed by atoms with van der Waals surface area (Å²) in [4.78, 5) is 0. The summed E-state index contributed by atoms with van der Waals surface area (Å²) in [6, 6.07) is 0. The Kier molecular flexibility index (Phi) is 6.09. The number of aliphatic hydroxyl groups is 1. The van der Waals surface area contributed by atoms with Gasteiger partial charge >= 0.3 is 0 Å². The first-order chi connectivity index (χ1) is 6.83. The highest BCUT2D eigenvalue weighted by Crippen LogP contribution is 2.20. The molecule has 0 aromatic rings. The van der Waals surface area contributed by atoms with Gasteiger partial charge in [-0.25, -0.2) is 13.1 Å². The molecule has 0 aromatic heterocycles. The highest BCUT2D eigenvalue weighted by molar-refractivity contribution is 7.89. The fraction of sp³-hybridized carbons (Fsp3) is 0.800. The highest BCUT2D eigenvalue weighted by atomic mass is 32.2. The van der Waals surface area contributed by atoms with Gasteiger partial charge < -0.3 is 5.11 Å². The van der Waals surface area contributed by atoms with E-state index in [0.29, 0.717) is 13.0 Å². The van der Waals surface area contributed by atoms with Crippen molar-refractivity contribution in [1.82, 2.24) is 4.72 Å². The van der Waals surface area contributed by atoms with Gasteiger partial charge in [0.25, 0.3) is 0 Å². The third-order valence-corrected chi connectivity index (χ3v) is 3.38. The van der Waals surface area contributed by atoms with Gasteiger partial charge in [0.05, 0.1) is 5.75 Å². The van der Waals surface area contributed by atoms with Crippen molar-refractivity contribution in [1.29, 1.82) is 0 Å². The van der Waals surface area contributed by atoms with Crippen LogP contribution >= 0.6 is 0 Å². The standard InChI is InChI=1S/C10H21NO3S/c1-4-8-15(13,14)11-9-10(2,3)6-5-7-12/h4,11-12H,1,5-9H2,2-3H3. The van der Waals surface area contributed by atoms with Gasteiger partial charge in [0.2, 0.25) is 10.0 Å². The molecule has 0 unspecified atom stereocenters. The van der Waals surface area contributed by atoms with Crippen LogP contribution in [0.3, 0.4) is 0 Å². The Morgan fingerprint density at radius 2 is 2.07 bits per heavy atom. The Bertz CT molecular complexity index is 283. The van der Waals surface area contributed by atoms with Crippen molar-refractivity contribution in [3.63, 3.8) is 0 Å². The SMILES string of the molecule is C=CCS(=O)(=O)NCC(C)(C)CCCO. The third-order valence-electron chi connectivity index (χ3n) is 2.12. The summed E-state index contributed by atoms with van der Waals surface area (Å²) in [5, 5.41) is 8.69. The summed E-state index contributed by atoms with van der Waals surface area (Å²) in [7, 11) is -3.22.